The van der Waals surface area contributed by atoms with Crippen molar-refractivity contribution in [2.75, 3.05) is 18.8 Å². The maximum absolute atomic E-state index is 3.42. The smallest absolute Gasteiger partial charge is 0.0375 e. The van der Waals surface area contributed by atoms with Crippen LogP contribution in [0.2, 0.25) is 0 Å². The monoisotopic (exact) mass is 129 g/mol. The van der Waals surface area contributed by atoms with Crippen molar-refractivity contribution in [3.05, 3.63) is 0 Å². The zero-order valence-electron chi connectivity index (χ0n) is 4.94. The van der Waals surface area contributed by atoms with E-state index in [1.165, 1.54) is 31.7 Å². The molecule has 2 fully saturated rings. The lowest BCUT2D eigenvalue weighted by molar-refractivity contribution is 0.474. The van der Waals surface area contributed by atoms with Crippen LogP contribution in [0.5, 0.6) is 0 Å². The van der Waals surface area contributed by atoms with E-state index in [-0.39, 0.29) is 0 Å². The van der Waals surface area contributed by atoms with Gasteiger partial charge in [-0.3, -0.25) is 0 Å². The van der Waals surface area contributed by atoms with Crippen LogP contribution in [0.25, 0.3) is 0 Å². The molecule has 0 amide bonds. The van der Waals surface area contributed by atoms with Gasteiger partial charge in [-0.2, -0.15) is 11.8 Å². The molecule has 0 aromatic carbocycles. The topological polar surface area (TPSA) is 12.0 Å². The highest BCUT2D eigenvalue weighted by molar-refractivity contribution is 8.07. The highest BCUT2D eigenvalue weighted by atomic mass is 32.2. The number of nitrogens with one attached hydrogen (secondary N) is 1. The standard InChI is InChI=1S/C6H11NS/c1-2-6(5-8-6)4-7-3-1/h7H,1-5H2. The maximum atomic E-state index is 3.42. The molecule has 46 valence electrons. The van der Waals surface area contributed by atoms with Crippen LogP contribution in [0.1, 0.15) is 12.8 Å². The Kier molecular flexibility index (Phi) is 1.05. The van der Waals surface area contributed by atoms with E-state index in [4.69, 9.17) is 0 Å². The molecule has 2 heterocycles. The molecule has 2 aliphatic heterocycles. The molecule has 2 aliphatic rings. The second kappa shape index (κ2) is 1.64. The van der Waals surface area contributed by atoms with Crippen molar-refractivity contribution >= 4 is 11.8 Å². The van der Waals surface area contributed by atoms with Gasteiger partial charge in [0.25, 0.3) is 0 Å². The fourth-order valence-electron chi connectivity index (χ4n) is 1.29. The SMILES string of the molecule is C1CNCC2(C1)CS2. The quantitative estimate of drug-likeness (QED) is 0.487. The van der Waals surface area contributed by atoms with E-state index in [2.05, 4.69) is 17.1 Å². The molecule has 2 heteroatoms. The average molecular weight is 129 g/mol. The summed E-state index contributed by atoms with van der Waals surface area (Å²) in [6, 6.07) is 0. The molecule has 0 bridgehead atoms. The first-order chi connectivity index (χ1) is 3.91. The van der Waals surface area contributed by atoms with Gasteiger partial charge in [-0.15, -0.1) is 0 Å². The van der Waals surface area contributed by atoms with Gasteiger partial charge in [0.2, 0.25) is 0 Å². The highest BCUT2D eigenvalue weighted by Gasteiger charge is 2.44. The van der Waals surface area contributed by atoms with Gasteiger partial charge in [0.1, 0.15) is 0 Å². The van der Waals surface area contributed by atoms with Crippen molar-refractivity contribution in [1.29, 1.82) is 0 Å². The first-order valence-electron chi connectivity index (χ1n) is 3.26. The Balaban J connectivity index is 1.95. The normalized spacial score (nSPS) is 45.0. The lowest BCUT2D eigenvalue weighted by atomic mass is 10.0. The molecule has 0 aromatic rings. The average Bonchev–Trinajstić information content (AvgIpc) is 2.52. The first-order valence-corrected chi connectivity index (χ1v) is 4.25. The Labute approximate surface area is 54.2 Å². The van der Waals surface area contributed by atoms with Gasteiger partial charge in [0, 0.05) is 17.0 Å². The molecule has 1 nitrogen and oxygen atoms in total. The molecular weight excluding hydrogens is 118 g/mol. The van der Waals surface area contributed by atoms with Crippen molar-refractivity contribution in [3.63, 3.8) is 0 Å². The van der Waals surface area contributed by atoms with Gasteiger partial charge in [0.05, 0.1) is 0 Å². The lowest BCUT2D eigenvalue weighted by Crippen LogP contribution is -2.35. The van der Waals surface area contributed by atoms with Crippen LogP contribution in [0.15, 0.2) is 0 Å². The Morgan fingerprint density at radius 3 is 2.75 bits per heavy atom. The predicted molar refractivity (Wildman–Crippen MR) is 37.3 cm³/mol. The lowest BCUT2D eigenvalue weighted by Gasteiger charge is -2.19. The van der Waals surface area contributed by atoms with E-state index < -0.39 is 0 Å². The summed E-state index contributed by atoms with van der Waals surface area (Å²) in [4.78, 5) is 0. The van der Waals surface area contributed by atoms with E-state index in [1.54, 1.807) is 0 Å². The Bertz CT molecular complexity index is 90.7. The minimum absolute atomic E-state index is 0.734. The third kappa shape index (κ3) is 0.759. The summed E-state index contributed by atoms with van der Waals surface area (Å²) in [5.74, 6) is 1.42. The number of piperidine rings is 1. The summed E-state index contributed by atoms with van der Waals surface area (Å²) in [7, 11) is 0. The largest absolute Gasteiger partial charge is 0.315 e. The number of hydrogen-bond acceptors (Lipinski definition) is 2. The van der Waals surface area contributed by atoms with Crippen LogP contribution in [0.4, 0.5) is 0 Å². The van der Waals surface area contributed by atoms with Crippen LogP contribution in [-0.2, 0) is 0 Å². The molecule has 2 saturated heterocycles. The Hall–Kier alpha value is 0.310. The third-order valence-electron chi connectivity index (χ3n) is 1.99. The van der Waals surface area contributed by atoms with Gasteiger partial charge in [-0.25, -0.2) is 0 Å². The summed E-state index contributed by atoms with van der Waals surface area (Å²) in [6.07, 6.45) is 2.86. The Morgan fingerprint density at radius 2 is 2.38 bits per heavy atom. The van der Waals surface area contributed by atoms with E-state index in [9.17, 15) is 0 Å². The van der Waals surface area contributed by atoms with Crippen molar-refractivity contribution in [2.24, 2.45) is 0 Å². The fourth-order valence-corrected chi connectivity index (χ4v) is 2.23. The molecule has 1 spiro atoms. The molecule has 0 aromatic heterocycles. The number of rotatable bonds is 0. The van der Waals surface area contributed by atoms with Crippen LogP contribution in [-0.4, -0.2) is 23.6 Å². The summed E-state index contributed by atoms with van der Waals surface area (Å²) < 4.78 is 0.734. The van der Waals surface area contributed by atoms with Crippen LogP contribution >= 0.6 is 11.8 Å². The zero-order valence-corrected chi connectivity index (χ0v) is 5.76. The maximum Gasteiger partial charge on any atom is 0.0375 e. The van der Waals surface area contributed by atoms with Gasteiger partial charge in [-0.05, 0) is 19.4 Å². The van der Waals surface area contributed by atoms with Crippen molar-refractivity contribution in [3.8, 4) is 0 Å². The predicted octanol–water partition coefficient (Wildman–Crippen LogP) is 0.855. The summed E-state index contributed by atoms with van der Waals surface area (Å²) >= 11 is 2.13. The molecule has 2 rings (SSSR count). The highest BCUT2D eigenvalue weighted by Crippen LogP contribution is 2.48. The van der Waals surface area contributed by atoms with Gasteiger partial charge >= 0.3 is 0 Å². The van der Waals surface area contributed by atoms with Gasteiger partial charge < -0.3 is 5.32 Å². The van der Waals surface area contributed by atoms with Crippen molar-refractivity contribution < 1.29 is 0 Å². The van der Waals surface area contributed by atoms with Gasteiger partial charge in [0.15, 0.2) is 0 Å². The minimum Gasteiger partial charge on any atom is -0.315 e. The zero-order chi connectivity index (χ0) is 5.45. The summed E-state index contributed by atoms with van der Waals surface area (Å²) in [5, 5.41) is 3.42. The fraction of sp³-hybridized carbons (Fsp3) is 1.00. The third-order valence-corrected chi connectivity index (χ3v) is 3.44. The van der Waals surface area contributed by atoms with Crippen LogP contribution in [0.3, 0.4) is 0 Å². The molecular formula is C6H11NS. The van der Waals surface area contributed by atoms with Crippen molar-refractivity contribution in [1.82, 2.24) is 5.32 Å². The molecule has 1 unspecified atom stereocenters. The van der Waals surface area contributed by atoms with E-state index in [0.29, 0.717) is 0 Å². The van der Waals surface area contributed by atoms with Crippen LogP contribution < -0.4 is 5.32 Å². The molecule has 0 radical (unpaired) electrons. The second-order valence-corrected chi connectivity index (χ2v) is 4.20. The first kappa shape index (κ1) is 5.12. The number of thioether (sulfide) groups is 1. The van der Waals surface area contributed by atoms with E-state index >= 15 is 0 Å². The van der Waals surface area contributed by atoms with Gasteiger partial charge in [-0.1, -0.05) is 0 Å². The molecule has 8 heavy (non-hydrogen) atoms. The van der Waals surface area contributed by atoms with E-state index in [0.717, 1.165) is 4.75 Å². The molecule has 1 atom stereocenters. The Morgan fingerprint density at radius 1 is 1.50 bits per heavy atom. The summed E-state index contributed by atoms with van der Waals surface area (Å²) in [5.41, 5.74) is 0. The second-order valence-electron chi connectivity index (χ2n) is 2.75. The molecule has 1 N–H and O–H groups in total. The molecule has 0 saturated carbocycles. The summed E-state index contributed by atoms with van der Waals surface area (Å²) in [6.45, 7) is 2.53. The number of hydrogen-bond donors (Lipinski definition) is 1. The molecule has 0 aliphatic carbocycles. The minimum atomic E-state index is 0.734. The van der Waals surface area contributed by atoms with Crippen molar-refractivity contribution in [2.45, 2.75) is 17.6 Å². The van der Waals surface area contributed by atoms with E-state index in [1.807, 2.05) is 0 Å². The van der Waals surface area contributed by atoms with Crippen LogP contribution in [0, 0.1) is 0 Å².